The van der Waals surface area contributed by atoms with E-state index in [-0.39, 0.29) is 0 Å². The number of alkyl halides is 1. The summed E-state index contributed by atoms with van der Waals surface area (Å²) in [5.74, 6) is -2.08. The van der Waals surface area contributed by atoms with Gasteiger partial charge in [0.15, 0.2) is 0 Å². The van der Waals surface area contributed by atoms with Crippen molar-refractivity contribution >= 4 is 15.9 Å². The summed E-state index contributed by atoms with van der Waals surface area (Å²) in [4.78, 5) is 0. The predicted molar refractivity (Wildman–Crippen MR) is 121 cm³/mol. The van der Waals surface area contributed by atoms with Crippen LogP contribution < -0.4 is 0 Å². The molecule has 0 N–H and O–H groups in total. The van der Waals surface area contributed by atoms with Gasteiger partial charge >= 0.3 is 0 Å². The van der Waals surface area contributed by atoms with Gasteiger partial charge in [0, 0.05) is 28.6 Å². The largest absolute Gasteiger partial charge is 0.207 e. The van der Waals surface area contributed by atoms with E-state index in [4.69, 9.17) is 0 Å². The van der Waals surface area contributed by atoms with Crippen molar-refractivity contribution in [3.05, 3.63) is 119 Å². The van der Waals surface area contributed by atoms with Gasteiger partial charge in [0.05, 0.1) is 0 Å². The molecular weight excluding hydrogens is 468 g/mol. The standard InChI is InChI=1S/C13H9BrF2.C13H10F2/c14-8-10-6-11(13(16)7-12(10)15)9-4-2-1-3-5-9;1-9-7-11(13(15)8-12(9)14)10-5-3-2-4-6-10/h1-7H,8H2;2-8H,1H3. The number of rotatable bonds is 3. The van der Waals surface area contributed by atoms with Crippen molar-refractivity contribution in [2.75, 3.05) is 0 Å². The molecule has 0 bridgehead atoms. The van der Waals surface area contributed by atoms with Crippen LogP contribution in [-0.2, 0) is 5.33 Å². The zero-order valence-electron chi connectivity index (χ0n) is 16.7. The lowest BCUT2D eigenvalue weighted by Gasteiger charge is -2.06. The normalized spacial score (nSPS) is 10.4. The molecule has 4 rings (SSSR count). The molecule has 0 fully saturated rings. The van der Waals surface area contributed by atoms with Crippen molar-refractivity contribution < 1.29 is 17.6 Å². The Morgan fingerprint density at radius 3 is 1.52 bits per heavy atom. The second kappa shape index (κ2) is 10.4. The van der Waals surface area contributed by atoms with Gasteiger partial charge in [0.2, 0.25) is 0 Å². The lowest BCUT2D eigenvalue weighted by Crippen LogP contribution is -1.92. The van der Waals surface area contributed by atoms with Gasteiger partial charge < -0.3 is 0 Å². The van der Waals surface area contributed by atoms with Crippen LogP contribution in [-0.4, -0.2) is 0 Å². The highest BCUT2D eigenvalue weighted by Gasteiger charge is 2.10. The summed E-state index contributed by atoms with van der Waals surface area (Å²) in [7, 11) is 0. The van der Waals surface area contributed by atoms with Crippen LogP contribution in [0, 0.1) is 30.2 Å². The number of halogens is 5. The Labute approximate surface area is 187 Å². The minimum absolute atomic E-state index is 0.374. The fourth-order valence-electron chi connectivity index (χ4n) is 3.03. The highest BCUT2D eigenvalue weighted by molar-refractivity contribution is 9.08. The first-order chi connectivity index (χ1) is 14.9. The maximum atomic E-state index is 13.6. The summed E-state index contributed by atoms with van der Waals surface area (Å²) in [5.41, 5.74) is 3.29. The Bertz CT molecular complexity index is 1160. The molecule has 0 saturated heterocycles. The number of hydrogen-bond donors (Lipinski definition) is 0. The molecule has 0 spiro atoms. The quantitative estimate of drug-likeness (QED) is 0.201. The van der Waals surface area contributed by atoms with Gasteiger partial charge in [-0.2, -0.15) is 0 Å². The minimum Gasteiger partial charge on any atom is -0.207 e. The summed E-state index contributed by atoms with van der Waals surface area (Å²) in [5, 5.41) is 0.374. The van der Waals surface area contributed by atoms with Crippen LogP contribution in [0.1, 0.15) is 11.1 Å². The summed E-state index contributed by atoms with van der Waals surface area (Å²) in [6.45, 7) is 1.63. The Kier molecular flexibility index (Phi) is 7.64. The number of aryl methyl sites for hydroxylation is 1. The molecular formula is C26H19BrF4. The number of benzene rings is 4. The first kappa shape index (κ1) is 22.8. The fraction of sp³-hybridized carbons (Fsp3) is 0.0769. The maximum absolute atomic E-state index is 13.6. The molecule has 0 unspecified atom stereocenters. The average molecular weight is 487 g/mol. The molecule has 5 heteroatoms. The Balaban J connectivity index is 0.000000176. The molecule has 0 radical (unpaired) electrons. The lowest BCUT2D eigenvalue weighted by atomic mass is 10.0. The third-order valence-electron chi connectivity index (χ3n) is 4.70. The molecule has 0 aliphatic rings. The lowest BCUT2D eigenvalue weighted by molar-refractivity contribution is 0.578. The SMILES string of the molecule is Cc1cc(-c2ccccc2)c(F)cc1F.Fc1cc(F)c(-c2ccccc2)cc1CBr. The summed E-state index contributed by atoms with van der Waals surface area (Å²) in [6, 6.07) is 23.1. The van der Waals surface area contributed by atoms with E-state index >= 15 is 0 Å². The fourth-order valence-corrected chi connectivity index (χ4v) is 3.46. The van der Waals surface area contributed by atoms with Crippen molar-refractivity contribution in [3.8, 4) is 22.3 Å². The molecule has 0 heterocycles. The third-order valence-corrected chi connectivity index (χ3v) is 5.30. The molecule has 0 amide bonds. The van der Waals surface area contributed by atoms with Gasteiger partial charge in [-0.1, -0.05) is 76.6 Å². The van der Waals surface area contributed by atoms with Gasteiger partial charge in [0.25, 0.3) is 0 Å². The number of hydrogen-bond acceptors (Lipinski definition) is 0. The molecule has 31 heavy (non-hydrogen) atoms. The van der Waals surface area contributed by atoms with E-state index < -0.39 is 23.3 Å². The Morgan fingerprint density at radius 1 is 0.581 bits per heavy atom. The zero-order chi connectivity index (χ0) is 22.4. The van der Waals surface area contributed by atoms with E-state index in [1.54, 1.807) is 31.2 Å². The van der Waals surface area contributed by atoms with Crippen LogP contribution in [0.25, 0.3) is 22.3 Å². The van der Waals surface area contributed by atoms with Crippen LogP contribution in [0.5, 0.6) is 0 Å². The van der Waals surface area contributed by atoms with E-state index in [1.165, 1.54) is 12.1 Å². The van der Waals surface area contributed by atoms with Gasteiger partial charge in [0.1, 0.15) is 23.3 Å². The smallest absolute Gasteiger partial charge is 0.133 e. The molecule has 0 atom stereocenters. The van der Waals surface area contributed by atoms with Crippen LogP contribution >= 0.6 is 15.9 Å². The maximum Gasteiger partial charge on any atom is 0.133 e. The molecule has 0 saturated carbocycles. The van der Waals surface area contributed by atoms with Gasteiger partial charge in [-0.3, -0.25) is 0 Å². The monoisotopic (exact) mass is 486 g/mol. The molecule has 4 aromatic rings. The van der Waals surface area contributed by atoms with Crippen LogP contribution in [0.3, 0.4) is 0 Å². The Morgan fingerprint density at radius 2 is 1.03 bits per heavy atom. The molecule has 0 nitrogen and oxygen atoms in total. The molecule has 0 aliphatic carbocycles. The summed E-state index contributed by atoms with van der Waals surface area (Å²) in [6.07, 6.45) is 0. The zero-order valence-corrected chi connectivity index (χ0v) is 18.3. The predicted octanol–water partition coefficient (Wildman–Crippen LogP) is 8.47. The first-order valence-electron chi connectivity index (χ1n) is 9.51. The van der Waals surface area contributed by atoms with Crippen LogP contribution in [0.15, 0.2) is 84.9 Å². The molecule has 4 aromatic carbocycles. The van der Waals surface area contributed by atoms with E-state index in [1.807, 2.05) is 36.4 Å². The highest BCUT2D eigenvalue weighted by atomic mass is 79.9. The molecule has 0 aliphatic heterocycles. The van der Waals surface area contributed by atoms with E-state index in [0.717, 1.165) is 23.3 Å². The third kappa shape index (κ3) is 5.61. The first-order valence-corrected chi connectivity index (χ1v) is 10.6. The average Bonchev–Trinajstić information content (AvgIpc) is 2.78. The molecule has 158 valence electrons. The van der Waals surface area contributed by atoms with E-state index in [2.05, 4.69) is 15.9 Å². The van der Waals surface area contributed by atoms with Crippen molar-refractivity contribution in [2.45, 2.75) is 12.3 Å². The minimum atomic E-state index is -0.534. The summed E-state index contributed by atoms with van der Waals surface area (Å²) >= 11 is 3.18. The topological polar surface area (TPSA) is 0 Å². The van der Waals surface area contributed by atoms with Crippen molar-refractivity contribution in [2.24, 2.45) is 0 Å². The van der Waals surface area contributed by atoms with Crippen LogP contribution in [0.2, 0.25) is 0 Å². The van der Waals surface area contributed by atoms with E-state index in [0.29, 0.717) is 27.6 Å². The van der Waals surface area contributed by atoms with Crippen molar-refractivity contribution in [1.29, 1.82) is 0 Å². The van der Waals surface area contributed by atoms with Crippen LogP contribution in [0.4, 0.5) is 17.6 Å². The van der Waals surface area contributed by atoms with Gasteiger partial charge in [-0.15, -0.1) is 0 Å². The van der Waals surface area contributed by atoms with Crippen molar-refractivity contribution in [1.82, 2.24) is 0 Å². The second-order valence-corrected chi connectivity index (χ2v) is 7.43. The second-order valence-electron chi connectivity index (χ2n) is 6.87. The highest BCUT2D eigenvalue weighted by Crippen LogP contribution is 2.27. The molecule has 0 aromatic heterocycles. The van der Waals surface area contributed by atoms with Gasteiger partial charge in [-0.05, 0) is 41.3 Å². The summed E-state index contributed by atoms with van der Waals surface area (Å²) < 4.78 is 53.4. The van der Waals surface area contributed by atoms with E-state index in [9.17, 15) is 17.6 Å². The van der Waals surface area contributed by atoms with Gasteiger partial charge in [-0.25, -0.2) is 17.6 Å². The Hall–Kier alpha value is -2.92. The van der Waals surface area contributed by atoms with Crippen molar-refractivity contribution in [3.63, 3.8) is 0 Å².